The molecule has 45 heavy (non-hydrogen) atoms. The van der Waals surface area contributed by atoms with Crippen molar-refractivity contribution >= 4 is 63.4 Å². The van der Waals surface area contributed by atoms with E-state index in [4.69, 9.17) is 14.2 Å². The summed E-state index contributed by atoms with van der Waals surface area (Å²) in [5, 5.41) is 11.0. The van der Waals surface area contributed by atoms with Gasteiger partial charge in [0.1, 0.15) is 6.61 Å². The fraction of sp³-hybridized carbons (Fsp3) is 0.219. The van der Waals surface area contributed by atoms with Crippen molar-refractivity contribution in [3.05, 3.63) is 122 Å². The first-order chi connectivity index (χ1) is 21.6. The molecule has 0 saturated heterocycles. The first kappa shape index (κ1) is 32.4. The number of methoxy groups -OCH3 is 1. The van der Waals surface area contributed by atoms with Crippen LogP contribution in [0.25, 0.3) is 6.08 Å². The number of hydrogen-bond acceptors (Lipinski definition) is 10. The summed E-state index contributed by atoms with van der Waals surface area (Å²) in [7, 11) is 1.53. The van der Waals surface area contributed by atoms with Crippen LogP contribution in [-0.2, 0) is 16.1 Å². The number of esters is 1. The van der Waals surface area contributed by atoms with Crippen LogP contribution in [0.1, 0.15) is 36.6 Å². The molecule has 0 aliphatic carbocycles. The molecule has 0 N–H and O–H groups in total. The van der Waals surface area contributed by atoms with E-state index in [2.05, 4.69) is 27.6 Å². The molecule has 0 amide bonds. The maximum Gasteiger partial charge on any atom is 0.338 e. The monoisotopic (exact) mass is 757 g/mol. The third kappa shape index (κ3) is 6.84. The molecule has 0 fully saturated rings. The Hall–Kier alpha value is -3.95. The largest absolute Gasteiger partial charge is 0.493 e. The predicted octanol–water partition coefficient (Wildman–Crippen LogP) is 5.62. The molecule has 3 aromatic carbocycles. The lowest BCUT2D eigenvalue weighted by atomic mass is 9.96. The zero-order valence-corrected chi connectivity index (χ0v) is 28.5. The van der Waals surface area contributed by atoms with Crippen LogP contribution in [0.2, 0.25) is 0 Å². The molecule has 0 unspecified atom stereocenters. The number of halogens is 1. The maximum absolute atomic E-state index is 14.0. The van der Waals surface area contributed by atoms with Crippen molar-refractivity contribution in [2.24, 2.45) is 4.99 Å². The van der Waals surface area contributed by atoms with Gasteiger partial charge in [-0.05, 0) is 102 Å². The number of nitrogens with zero attached hydrogens (tertiary/aromatic N) is 3. The summed E-state index contributed by atoms with van der Waals surface area (Å²) in [6.07, 6.45) is 3.76. The number of allylic oxidation sites excluding steroid dienone is 1. The Balaban J connectivity index is 1.53. The van der Waals surface area contributed by atoms with Crippen molar-refractivity contribution < 1.29 is 23.9 Å². The van der Waals surface area contributed by atoms with Crippen LogP contribution in [-0.4, -0.2) is 35.4 Å². The highest BCUT2D eigenvalue weighted by molar-refractivity contribution is 14.1. The number of benzene rings is 3. The van der Waals surface area contributed by atoms with Crippen molar-refractivity contribution in [3.63, 3.8) is 0 Å². The summed E-state index contributed by atoms with van der Waals surface area (Å²) in [6, 6.07) is 16.9. The Bertz CT molecular complexity index is 1980. The molecule has 0 saturated carbocycles. The first-order valence-electron chi connectivity index (χ1n) is 13.7. The van der Waals surface area contributed by atoms with E-state index >= 15 is 0 Å². The molecule has 0 spiro atoms. The first-order valence-corrected chi connectivity index (χ1v) is 16.8. The van der Waals surface area contributed by atoms with Gasteiger partial charge in [-0.2, -0.15) is 0 Å². The summed E-state index contributed by atoms with van der Waals surface area (Å²) in [4.78, 5) is 43.8. The molecule has 0 bridgehead atoms. The minimum Gasteiger partial charge on any atom is -0.493 e. The van der Waals surface area contributed by atoms with Crippen LogP contribution in [0, 0.1) is 13.7 Å². The average molecular weight is 758 g/mol. The van der Waals surface area contributed by atoms with Crippen LogP contribution < -0.4 is 24.4 Å². The number of carbonyl (C=O) groups excluding carboxylic acids is 1. The molecule has 1 aromatic heterocycles. The summed E-state index contributed by atoms with van der Waals surface area (Å²) in [6.45, 7) is 3.89. The Morgan fingerprint density at radius 1 is 1.18 bits per heavy atom. The van der Waals surface area contributed by atoms with Crippen LogP contribution in [0.4, 0.5) is 5.69 Å². The molecule has 1 aliphatic heterocycles. The highest BCUT2D eigenvalue weighted by atomic mass is 127. The van der Waals surface area contributed by atoms with Crippen LogP contribution >= 0.6 is 45.7 Å². The molecular formula is C32H28IN3O7S2. The Morgan fingerprint density at radius 3 is 2.51 bits per heavy atom. The summed E-state index contributed by atoms with van der Waals surface area (Å²) >= 11 is 4.99. The van der Waals surface area contributed by atoms with E-state index in [0.29, 0.717) is 37.7 Å². The highest BCUT2D eigenvalue weighted by Crippen LogP contribution is 2.35. The van der Waals surface area contributed by atoms with Crippen LogP contribution in [0.15, 0.2) is 86.6 Å². The van der Waals surface area contributed by atoms with Gasteiger partial charge >= 0.3 is 5.97 Å². The normalized spacial score (nSPS) is 14.5. The standard InChI is InChI=1S/C32H28IN3O7S2/c1-5-42-31(38)27-18(2)34-32-35(28(27)21-8-12-23(44-4)13-9-21)30(37)26(45-32)16-20-14-24(33)29(25(15-20)41-3)43-17-19-6-10-22(11-7-19)36(39)40/h6-16,28H,5,17H2,1-4H3/b26-16-/t28-/m0/s1. The fourth-order valence-corrected chi connectivity index (χ4v) is 7.11. The van der Waals surface area contributed by atoms with Crippen LogP contribution in [0.5, 0.6) is 11.5 Å². The molecule has 10 nitrogen and oxygen atoms in total. The summed E-state index contributed by atoms with van der Waals surface area (Å²) in [5.74, 6) is 0.476. The molecule has 4 aromatic rings. The Morgan fingerprint density at radius 2 is 1.89 bits per heavy atom. The van der Waals surface area contributed by atoms with E-state index in [1.165, 1.54) is 30.6 Å². The van der Waals surface area contributed by atoms with Crippen molar-refractivity contribution in [2.75, 3.05) is 20.0 Å². The van der Waals surface area contributed by atoms with E-state index in [0.717, 1.165) is 19.6 Å². The zero-order valence-electron chi connectivity index (χ0n) is 24.7. The number of carbonyl (C=O) groups is 1. The predicted molar refractivity (Wildman–Crippen MR) is 182 cm³/mol. The highest BCUT2D eigenvalue weighted by Gasteiger charge is 2.33. The van der Waals surface area contributed by atoms with Gasteiger partial charge in [0.15, 0.2) is 16.3 Å². The Labute approximate surface area is 280 Å². The number of nitro benzene ring substituents is 1. The topological polar surface area (TPSA) is 122 Å². The number of rotatable bonds is 10. The minimum absolute atomic E-state index is 0.00708. The molecule has 1 atom stereocenters. The van der Waals surface area contributed by atoms with Crippen molar-refractivity contribution in [2.45, 2.75) is 31.4 Å². The maximum atomic E-state index is 14.0. The van der Waals surface area contributed by atoms with E-state index in [1.807, 2.05) is 36.6 Å². The minimum atomic E-state index is -0.691. The van der Waals surface area contributed by atoms with Gasteiger partial charge in [-0.15, -0.1) is 11.8 Å². The van der Waals surface area contributed by atoms with E-state index in [9.17, 15) is 19.7 Å². The summed E-state index contributed by atoms with van der Waals surface area (Å²) < 4.78 is 19.8. The van der Waals surface area contributed by atoms with Crippen LogP contribution in [0.3, 0.4) is 0 Å². The van der Waals surface area contributed by atoms with Gasteiger partial charge in [-0.1, -0.05) is 23.5 Å². The van der Waals surface area contributed by atoms with E-state index < -0.39 is 16.9 Å². The number of nitro groups is 1. The number of non-ortho nitro benzene ring substituents is 1. The zero-order chi connectivity index (χ0) is 32.2. The number of thioether (sulfide) groups is 1. The number of fused-ring (bicyclic) bond motifs is 1. The smallest absolute Gasteiger partial charge is 0.338 e. The second-order valence-electron chi connectivity index (χ2n) is 9.82. The lowest BCUT2D eigenvalue weighted by Gasteiger charge is -2.24. The average Bonchev–Trinajstić information content (AvgIpc) is 3.33. The van der Waals surface area contributed by atoms with Gasteiger partial charge in [0.25, 0.3) is 11.2 Å². The van der Waals surface area contributed by atoms with Crippen molar-refractivity contribution in [1.29, 1.82) is 0 Å². The molecule has 0 radical (unpaired) electrons. The van der Waals surface area contributed by atoms with Gasteiger partial charge < -0.3 is 14.2 Å². The number of thiazole rings is 1. The molecule has 1 aliphatic rings. The lowest BCUT2D eigenvalue weighted by molar-refractivity contribution is -0.384. The lowest BCUT2D eigenvalue weighted by Crippen LogP contribution is -2.39. The Kier molecular flexibility index (Phi) is 10.1. The van der Waals surface area contributed by atoms with E-state index in [1.54, 1.807) is 54.5 Å². The SMILES string of the molecule is CCOC(=O)C1=C(C)N=c2s/c(=C\c3cc(I)c(OCc4ccc([N+](=O)[O-])cc4)c(OC)c3)c(=O)n2[C@H]1c1ccc(SC)cc1. The molecule has 2 heterocycles. The second-order valence-corrected chi connectivity index (χ2v) is 12.9. The fourth-order valence-electron chi connectivity index (χ4n) is 4.88. The second kappa shape index (κ2) is 14.0. The third-order valence-corrected chi connectivity index (χ3v) is 9.56. The van der Waals surface area contributed by atoms with Gasteiger partial charge in [-0.3, -0.25) is 19.5 Å². The summed E-state index contributed by atoms with van der Waals surface area (Å²) in [5.41, 5.74) is 2.82. The number of aromatic nitrogens is 1. The van der Waals surface area contributed by atoms with Gasteiger partial charge in [0.05, 0.1) is 44.1 Å². The van der Waals surface area contributed by atoms with E-state index in [-0.39, 0.29) is 24.5 Å². The number of ether oxygens (including phenoxy) is 3. The number of hydrogen-bond donors (Lipinski definition) is 0. The molecule has 232 valence electrons. The molecule has 13 heteroatoms. The van der Waals surface area contributed by atoms with Crippen molar-refractivity contribution in [3.8, 4) is 11.5 Å². The van der Waals surface area contributed by atoms with Gasteiger partial charge in [-0.25, -0.2) is 9.79 Å². The third-order valence-electron chi connectivity index (χ3n) is 7.03. The quantitative estimate of drug-likeness (QED) is 0.0673. The molecular weight excluding hydrogens is 729 g/mol. The van der Waals surface area contributed by atoms with Crippen molar-refractivity contribution in [1.82, 2.24) is 4.57 Å². The molecule has 5 rings (SSSR count). The van der Waals surface area contributed by atoms with Gasteiger partial charge in [0, 0.05) is 17.0 Å². The van der Waals surface area contributed by atoms with Gasteiger partial charge in [0.2, 0.25) is 0 Å².